The lowest BCUT2D eigenvalue weighted by atomic mass is 9.99. The highest BCUT2D eigenvalue weighted by Crippen LogP contribution is 2.45. The van der Waals surface area contributed by atoms with Crippen molar-refractivity contribution in [2.45, 2.75) is 439 Å². The van der Waals surface area contributed by atoms with Crippen LogP contribution in [0, 0.1) is 11.8 Å². The Morgan fingerprint density at radius 2 is 0.515 bits per heavy atom. The molecule has 0 heterocycles. The second-order valence-electron chi connectivity index (χ2n) is 29.5. The number of unbranched alkanes of at least 4 members (excludes halogenated alkanes) is 48. The Kier molecular flexibility index (Phi) is 70.3. The normalized spacial score (nSPS) is 14.2. The van der Waals surface area contributed by atoms with Crippen LogP contribution in [0.1, 0.15) is 420 Å². The van der Waals surface area contributed by atoms with Crippen molar-refractivity contribution in [1.82, 2.24) is 0 Å². The van der Waals surface area contributed by atoms with E-state index in [1.165, 1.54) is 231 Å². The summed E-state index contributed by atoms with van der Waals surface area (Å²) in [5, 5.41) is 10.6. The van der Waals surface area contributed by atoms with E-state index in [0.717, 1.165) is 102 Å². The third-order valence-electron chi connectivity index (χ3n) is 19.1. The fraction of sp³-hybridized carbons (Fsp3) is 0.950. The van der Waals surface area contributed by atoms with E-state index in [1.807, 2.05) is 0 Å². The van der Waals surface area contributed by atoms with Crippen LogP contribution in [-0.2, 0) is 65.4 Å². The molecule has 17 nitrogen and oxygen atoms in total. The van der Waals surface area contributed by atoms with E-state index in [4.69, 9.17) is 37.0 Å². The average molecular weight is 1450 g/mol. The number of ether oxygens (including phenoxy) is 4. The lowest BCUT2D eigenvalue weighted by Crippen LogP contribution is -2.30. The Hall–Kier alpha value is -1.94. The first-order valence-corrected chi connectivity index (χ1v) is 44.5. The molecule has 19 heteroatoms. The van der Waals surface area contributed by atoms with Gasteiger partial charge in [-0.25, -0.2) is 9.13 Å². The SMILES string of the molecule is CCCCCCCCCCCCCCCCCCCC(=O)OC[C@H](COP(=O)(O)OC[C@@H](O)COP(=O)(O)OC[C@@H](COC(=O)CCCCCCCCC(C)C)OC(=O)CCCCCCCCCCCCCCCCC)OC(=O)CCCCCCCCCCCCCCCCC(C)CC. The number of esters is 4. The molecule has 0 fully saturated rings. The molecule has 0 aromatic rings. The molecule has 0 aliphatic rings. The van der Waals surface area contributed by atoms with E-state index in [-0.39, 0.29) is 25.7 Å². The number of aliphatic hydroxyl groups is 1. The predicted molar refractivity (Wildman–Crippen MR) is 405 cm³/mol. The zero-order chi connectivity index (χ0) is 72.8. The van der Waals surface area contributed by atoms with Crippen molar-refractivity contribution in [3.63, 3.8) is 0 Å². The van der Waals surface area contributed by atoms with Gasteiger partial charge >= 0.3 is 39.5 Å². The van der Waals surface area contributed by atoms with Crippen molar-refractivity contribution in [1.29, 1.82) is 0 Å². The molecule has 6 atom stereocenters. The summed E-state index contributed by atoms with van der Waals surface area (Å²) in [6.45, 7) is 9.61. The summed E-state index contributed by atoms with van der Waals surface area (Å²) in [4.78, 5) is 73.0. The molecular formula is C80H156O17P2. The summed E-state index contributed by atoms with van der Waals surface area (Å²) < 4.78 is 68.7. The summed E-state index contributed by atoms with van der Waals surface area (Å²) in [5.74, 6) is -0.585. The highest BCUT2D eigenvalue weighted by Gasteiger charge is 2.30. The lowest BCUT2D eigenvalue weighted by molar-refractivity contribution is -0.161. The van der Waals surface area contributed by atoms with Gasteiger partial charge in [0.05, 0.1) is 26.4 Å². The molecule has 99 heavy (non-hydrogen) atoms. The van der Waals surface area contributed by atoms with E-state index in [9.17, 15) is 43.2 Å². The van der Waals surface area contributed by atoms with Gasteiger partial charge in [0.1, 0.15) is 19.3 Å². The van der Waals surface area contributed by atoms with Gasteiger partial charge in [0.25, 0.3) is 0 Å². The van der Waals surface area contributed by atoms with Gasteiger partial charge < -0.3 is 33.8 Å². The van der Waals surface area contributed by atoms with Crippen molar-refractivity contribution < 1.29 is 80.2 Å². The maximum atomic E-state index is 13.1. The first kappa shape index (κ1) is 97.1. The van der Waals surface area contributed by atoms with Crippen LogP contribution in [0.25, 0.3) is 0 Å². The molecule has 0 bridgehead atoms. The Labute approximate surface area is 607 Å². The monoisotopic (exact) mass is 1450 g/mol. The highest BCUT2D eigenvalue weighted by atomic mass is 31.2. The summed E-state index contributed by atoms with van der Waals surface area (Å²) in [7, 11) is -9.92. The zero-order valence-electron chi connectivity index (χ0n) is 64.8. The fourth-order valence-electron chi connectivity index (χ4n) is 12.3. The number of phosphoric acid groups is 2. The van der Waals surface area contributed by atoms with Gasteiger partial charge in [-0.1, -0.05) is 369 Å². The number of phosphoric ester groups is 2. The lowest BCUT2D eigenvalue weighted by Gasteiger charge is -2.21. The maximum Gasteiger partial charge on any atom is 0.472 e. The molecular weight excluding hydrogens is 1290 g/mol. The quantitative estimate of drug-likeness (QED) is 0.0222. The third-order valence-corrected chi connectivity index (χ3v) is 21.0. The van der Waals surface area contributed by atoms with Crippen LogP contribution >= 0.6 is 15.6 Å². The molecule has 0 aromatic heterocycles. The standard InChI is InChI=1S/C80H156O17P2/c1-7-10-12-14-16-18-20-22-24-25-27-31-35-39-43-50-56-62-77(82)90-68-75(96-79(84)64-59-53-45-41-37-33-29-28-30-34-38-42-49-55-61-73(6)9-3)70-94-98(86,87)92-66-74(81)67-93-99(88,89)95-71-76(69-91-78(83)63-57-51-47-46-48-54-60-72(4)5)97-80(85)65-58-52-44-40-36-32-26-23-21-19-17-15-13-11-8-2/h72-76,81H,7-71H2,1-6H3,(H,86,87)(H,88,89)/t73?,74-,75-,76-/m1/s1. The van der Waals surface area contributed by atoms with Gasteiger partial charge in [0, 0.05) is 25.7 Å². The summed E-state index contributed by atoms with van der Waals surface area (Å²) in [6, 6.07) is 0. The minimum absolute atomic E-state index is 0.107. The first-order valence-electron chi connectivity index (χ1n) is 41.5. The van der Waals surface area contributed by atoms with Crippen molar-refractivity contribution in [2.24, 2.45) is 11.8 Å². The van der Waals surface area contributed by atoms with Gasteiger partial charge in [0.2, 0.25) is 0 Å². The molecule has 0 aliphatic carbocycles. The van der Waals surface area contributed by atoms with Crippen LogP contribution in [0.2, 0.25) is 0 Å². The van der Waals surface area contributed by atoms with Crippen LogP contribution in [0.4, 0.5) is 0 Å². The largest absolute Gasteiger partial charge is 0.472 e. The number of carbonyl (C=O) groups excluding carboxylic acids is 4. The van der Waals surface area contributed by atoms with Gasteiger partial charge in [-0.3, -0.25) is 37.3 Å². The number of rotatable bonds is 79. The van der Waals surface area contributed by atoms with E-state index >= 15 is 0 Å². The molecule has 3 N–H and O–H groups in total. The highest BCUT2D eigenvalue weighted by molar-refractivity contribution is 7.47. The second-order valence-corrected chi connectivity index (χ2v) is 32.4. The Balaban J connectivity index is 5.23. The Morgan fingerprint density at radius 1 is 0.293 bits per heavy atom. The molecule has 0 aliphatic heterocycles. The minimum atomic E-state index is -4.96. The molecule has 0 spiro atoms. The van der Waals surface area contributed by atoms with Gasteiger partial charge in [0.15, 0.2) is 12.2 Å². The summed E-state index contributed by atoms with van der Waals surface area (Å²) in [5.41, 5.74) is 0. The zero-order valence-corrected chi connectivity index (χ0v) is 66.6. The number of aliphatic hydroxyl groups excluding tert-OH is 1. The van der Waals surface area contributed by atoms with Crippen LogP contribution in [0.3, 0.4) is 0 Å². The van der Waals surface area contributed by atoms with E-state index < -0.39 is 97.5 Å². The Morgan fingerprint density at radius 3 is 0.768 bits per heavy atom. The Bertz CT molecular complexity index is 1910. The molecule has 0 amide bonds. The third kappa shape index (κ3) is 72.8. The van der Waals surface area contributed by atoms with Gasteiger partial charge in [-0.05, 0) is 37.5 Å². The molecule has 588 valence electrons. The van der Waals surface area contributed by atoms with Crippen LogP contribution < -0.4 is 0 Å². The fourth-order valence-corrected chi connectivity index (χ4v) is 13.9. The second kappa shape index (κ2) is 71.7. The van der Waals surface area contributed by atoms with E-state index in [0.29, 0.717) is 31.6 Å². The molecule has 0 saturated heterocycles. The van der Waals surface area contributed by atoms with Crippen molar-refractivity contribution >= 4 is 39.5 Å². The van der Waals surface area contributed by atoms with E-state index in [1.54, 1.807) is 0 Å². The first-order chi connectivity index (χ1) is 47.9. The topological polar surface area (TPSA) is 237 Å². The molecule has 0 radical (unpaired) electrons. The van der Waals surface area contributed by atoms with Gasteiger partial charge in [-0.2, -0.15) is 0 Å². The molecule has 0 rings (SSSR count). The maximum absolute atomic E-state index is 13.1. The van der Waals surface area contributed by atoms with Crippen molar-refractivity contribution in [2.75, 3.05) is 39.6 Å². The number of hydrogen-bond acceptors (Lipinski definition) is 15. The predicted octanol–water partition coefficient (Wildman–Crippen LogP) is 23.9. The van der Waals surface area contributed by atoms with Crippen LogP contribution in [0.5, 0.6) is 0 Å². The number of carbonyl (C=O) groups is 4. The number of hydrogen-bond donors (Lipinski definition) is 3. The molecule has 3 unspecified atom stereocenters. The summed E-state index contributed by atoms with van der Waals surface area (Å²) in [6.07, 6.45) is 61.1. The molecule has 0 saturated carbocycles. The summed E-state index contributed by atoms with van der Waals surface area (Å²) >= 11 is 0. The van der Waals surface area contributed by atoms with E-state index in [2.05, 4.69) is 41.5 Å². The van der Waals surface area contributed by atoms with Crippen molar-refractivity contribution in [3.05, 3.63) is 0 Å². The molecule has 0 aromatic carbocycles. The average Bonchev–Trinajstić information content (AvgIpc) is 0.997. The van der Waals surface area contributed by atoms with Gasteiger partial charge in [-0.15, -0.1) is 0 Å². The van der Waals surface area contributed by atoms with Crippen LogP contribution in [-0.4, -0.2) is 96.7 Å². The minimum Gasteiger partial charge on any atom is -0.462 e. The smallest absolute Gasteiger partial charge is 0.462 e. The van der Waals surface area contributed by atoms with Crippen LogP contribution in [0.15, 0.2) is 0 Å². The van der Waals surface area contributed by atoms with Crippen molar-refractivity contribution in [3.8, 4) is 0 Å².